The van der Waals surface area contributed by atoms with Crippen molar-refractivity contribution in [2.75, 3.05) is 7.11 Å². The number of rotatable bonds is 7. The smallest absolute Gasteiger partial charge is 0.223 e. The molecule has 0 heterocycles. The van der Waals surface area contributed by atoms with Gasteiger partial charge >= 0.3 is 0 Å². The van der Waals surface area contributed by atoms with E-state index in [1.165, 1.54) is 0 Å². The van der Waals surface area contributed by atoms with E-state index in [0.29, 0.717) is 11.3 Å². The van der Waals surface area contributed by atoms with Crippen LogP contribution in [0, 0.1) is 10.1 Å². The SMILES string of the molecule is COc1ccc(C(=O)CC(c2ccccc2)C(C)(C)[N+](=O)[O-])cc1. The Hall–Kier alpha value is -2.69. The first-order valence-corrected chi connectivity index (χ1v) is 7.73. The predicted octanol–water partition coefficient (Wildman–Crippen LogP) is 4.11. The van der Waals surface area contributed by atoms with Gasteiger partial charge in [-0.1, -0.05) is 30.3 Å². The van der Waals surface area contributed by atoms with E-state index in [9.17, 15) is 14.9 Å². The molecule has 5 nitrogen and oxygen atoms in total. The molecule has 2 rings (SSSR count). The number of ketones is 1. The van der Waals surface area contributed by atoms with Crippen LogP contribution in [0.1, 0.15) is 42.1 Å². The van der Waals surface area contributed by atoms with Crippen molar-refractivity contribution in [3.8, 4) is 5.75 Å². The summed E-state index contributed by atoms with van der Waals surface area (Å²) < 4.78 is 5.08. The van der Waals surface area contributed by atoms with Crippen molar-refractivity contribution in [3.63, 3.8) is 0 Å². The van der Waals surface area contributed by atoms with E-state index in [4.69, 9.17) is 4.74 Å². The van der Waals surface area contributed by atoms with Crippen LogP contribution in [0.3, 0.4) is 0 Å². The summed E-state index contributed by atoms with van der Waals surface area (Å²) >= 11 is 0. The number of methoxy groups -OCH3 is 1. The molecule has 0 aliphatic heterocycles. The molecule has 1 unspecified atom stereocenters. The fourth-order valence-electron chi connectivity index (χ4n) is 2.67. The van der Waals surface area contributed by atoms with Crippen molar-refractivity contribution >= 4 is 5.78 Å². The van der Waals surface area contributed by atoms with Gasteiger partial charge in [-0.3, -0.25) is 14.9 Å². The second-order valence-electron chi connectivity index (χ2n) is 6.23. The summed E-state index contributed by atoms with van der Waals surface area (Å²) in [6, 6.07) is 16.0. The van der Waals surface area contributed by atoms with Crippen LogP contribution in [0.25, 0.3) is 0 Å². The van der Waals surface area contributed by atoms with E-state index in [1.807, 2.05) is 30.3 Å². The minimum absolute atomic E-state index is 0.0737. The van der Waals surface area contributed by atoms with Crippen molar-refractivity contribution < 1.29 is 14.5 Å². The van der Waals surface area contributed by atoms with Crippen molar-refractivity contribution in [2.45, 2.75) is 31.7 Å². The quantitative estimate of drug-likeness (QED) is 0.436. The molecule has 0 saturated heterocycles. The van der Waals surface area contributed by atoms with Crippen LogP contribution < -0.4 is 4.74 Å². The zero-order chi connectivity index (χ0) is 17.7. The van der Waals surface area contributed by atoms with Crippen molar-refractivity contribution in [3.05, 3.63) is 75.8 Å². The normalized spacial score (nSPS) is 12.5. The minimum atomic E-state index is -1.25. The molecule has 0 aliphatic carbocycles. The third kappa shape index (κ3) is 3.79. The zero-order valence-corrected chi connectivity index (χ0v) is 14.1. The van der Waals surface area contributed by atoms with Crippen molar-refractivity contribution in [1.29, 1.82) is 0 Å². The molecule has 24 heavy (non-hydrogen) atoms. The Morgan fingerprint density at radius 1 is 1.12 bits per heavy atom. The summed E-state index contributed by atoms with van der Waals surface area (Å²) in [4.78, 5) is 23.8. The number of carbonyl (C=O) groups is 1. The Balaban J connectivity index is 2.31. The number of hydrogen-bond acceptors (Lipinski definition) is 4. The van der Waals surface area contributed by atoms with Crippen LogP contribution in [0.2, 0.25) is 0 Å². The van der Waals surface area contributed by atoms with Crippen LogP contribution in [0.15, 0.2) is 54.6 Å². The van der Waals surface area contributed by atoms with Crippen LogP contribution in [-0.4, -0.2) is 23.4 Å². The molecular formula is C19H21NO4. The van der Waals surface area contributed by atoms with Crippen molar-refractivity contribution in [1.82, 2.24) is 0 Å². The molecule has 0 fully saturated rings. The van der Waals surface area contributed by atoms with E-state index >= 15 is 0 Å². The number of nitrogens with zero attached hydrogens (tertiary/aromatic N) is 1. The largest absolute Gasteiger partial charge is 0.497 e. The van der Waals surface area contributed by atoms with E-state index in [0.717, 1.165) is 5.56 Å². The van der Waals surface area contributed by atoms with E-state index < -0.39 is 11.5 Å². The standard InChI is InChI=1S/C19H21NO4/c1-19(2,20(22)23)17(14-7-5-4-6-8-14)13-18(21)15-9-11-16(24-3)12-10-15/h4-12,17H,13H2,1-3H3. The number of ether oxygens (including phenoxy) is 1. The van der Waals surface area contributed by atoms with Gasteiger partial charge in [0.2, 0.25) is 5.54 Å². The molecule has 0 N–H and O–H groups in total. The lowest BCUT2D eigenvalue weighted by molar-refractivity contribution is -0.565. The fourth-order valence-corrected chi connectivity index (χ4v) is 2.67. The molecule has 0 aromatic heterocycles. The highest BCUT2D eigenvalue weighted by Gasteiger charge is 2.42. The maximum absolute atomic E-state index is 12.6. The average Bonchev–Trinajstić information content (AvgIpc) is 2.60. The first-order chi connectivity index (χ1) is 11.4. The first kappa shape index (κ1) is 17.7. The molecule has 5 heteroatoms. The summed E-state index contributed by atoms with van der Waals surface area (Å²) in [6.45, 7) is 3.12. The lowest BCUT2D eigenvalue weighted by Crippen LogP contribution is -2.39. The van der Waals surface area contributed by atoms with Gasteiger partial charge in [-0.05, 0) is 29.8 Å². The lowest BCUT2D eigenvalue weighted by atomic mass is 9.78. The van der Waals surface area contributed by atoms with Gasteiger partial charge in [0.25, 0.3) is 0 Å². The Kier molecular flexibility index (Phi) is 5.34. The van der Waals surface area contributed by atoms with Gasteiger partial charge in [0.1, 0.15) is 5.75 Å². The summed E-state index contributed by atoms with van der Waals surface area (Å²) in [5, 5.41) is 11.5. The van der Waals surface area contributed by atoms with Crippen LogP contribution >= 0.6 is 0 Å². The van der Waals surface area contributed by atoms with Gasteiger partial charge in [0.05, 0.1) is 13.0 Å². The van der Waals surface area contributed by atoms with E-state index in [1.54, 1.807) is 45.2 Å². The van der Waals surface area contributed by atoms with Crippen LogP contribution in [-0.2, 0) is 0 Å². The summed E-state index contributed by atoms with van der Waals surface area (Å²) in [6.07, 6.45) is 0.0737. The van der Waals surface area contributed by atoms with Crippen LogP contribution in [0.5, 0.6) is 5.75 Å². The molecule has 0 spiro atoms. The summed E-state index contributed by atoms with van der Waals surface area (Å²) in [7, 11) is 1.56. The zero-order valence-electron chi connectivity index (χ0n) is 14.1. The number of carbonyl (C=O) groups excluding carboxylic acids is 1. The number of nitro groups is 1. The third-order valence-electron chi connectivity index (χ3n) is 4.33. The van der Waals surface area contributed by atoms with Gasteiger partial charge in [-0.25, -0.2) is 0 Å². The molecule has 0 amide bonds. The van der Waals surface area contributed by atoms with Gasteiger partial charge in [-0.15, -0.1) is 0 Å². The second kappa shape index (κ2) is 7.25. The lowest BCUT2D eigenvalue weighted by Gasteiger charge is -2.26. The van der Waals surface area contributed by atoms with Gasteiger partial charge in [0, 0.05) is 30.8 Å². The van der Waals surface area contributed by atoms with Crippen LogP contribution in [0.4, 0.5) is 0 Å². The molecule has 1 atom stereocenters. The highest BCUT2D eigenvalue weighted by molar-refractivity contribution is 5.96. The molecule has 0 radical (unpaired) electrons. The highest BCUT2D eigenvalue weighted by Crippen LogP contribution is 2.34. The molecule has 2 aromatic carbocycles. The van der Waals surface area contributed by atoms with Crippen molar-refractivity contribution in [2.24, 2.45) is 0 Å². The Morgan fingerprint density at radius 2 is 1.71 bits per heavy atom. The Bertz CT molecular complexity index is 708. The first-order valence-electron chi connectivity index (χ1n) is 7.73. The van der Waals surface area contributed by atoms with Gasteiger partial charge in [-0.2, -0.15) is 0 Å². The highest BCUT2D eigenvalue weighted by atomic mass is 16.6. The molecule has 0 saturated carbocycles. The summed E-state index contributed by atoms with van der Waals surface area (Å²) in [5.41, 5.74) is 0.0701. The Labute approximate surface area is 141 Å². The third-order valence-corrected chi connectivity index (χ3v) is 4.33. The van der Waals surface area contributed by atoms with Gasteiger partial charge in [0.15, 0.2) is 5.78 Å². The molecular weight excluding hydrogens is 306 g/mol. The van der Waals surface area contributed by atoms with E-state index in [-0.39, 0.29) is 17.1 Å². The molecule has 2 aromatic rings. The fraction of sp³-hybridized carbons (Fsp3) is 0.316. The van der Waals surface area contributed by atoms with E-state index in [2.05, 4.69) is 0 Å². The number of benzene rings is 2. The Morgan fingerprint density at radius 3 is 2.21 bits per heavy atom. The molecule has 126 valence electrons. The predicted molar refractivity (Wildman–Crippen MR) is 92.2 cm³/mol. The maximum Gasteiger partial charge on any atom is 0.223 e. The van der Waals surface area contributed by atoms with Gasteiger partial charge < -0.3 is 4.74 Å². The second-order valence-corrected chi connectivity index (χ2v) is 6.23. The topological polar surface area (TPSA) is 69.4 Å². The minimum Gasteiger partial charge on any atom is -0.497 e. The average molecular weight is 327 g/mol. The number of hydrogen-bond donors (Lipinski definition) is 0. The monoisotopic (exact) mass is 327 g/mol. The maximum atomic E-state index is 12.6. The molecule has 0 bridgehead atoms. The number of Topliss-reactive ketones (excluding diaryl/α,β-unsaturated/α-hetero) is 1. The molecule has 0 aliphatic rings. The summed E-state index contributed by atoms with van der Waals surface area (Å²) in [5.74, 6) is 0.0292.